The zero-order valence-electron chi connectivity index (χ0n) is 19.2. The van der Waals surface area contributed by atoms with E-state index in [0.29, 0.717) is 10.7 Å². The van der Waals surface area contributed by atoms with Crippen molar-refractivity contribution in [3.63, 3.8) is 0 Å². The number of Topliss-reactive ketones (excluding diaryl/α,β-unsaturated/α-hetero) is 1. The molecule has 0 aliphatic heterocycles. The largest absolute Gasteiger partial charge is 0.318 e. The summed E-state index contributed by atoms with van der Waals surface area (Å²) in [7, 11) is -3.77. The number of ketones is 1. The topological polar surface area (TPSA) is 126 Å². The first kappa shape index (κ1) is 23.9. The number of benzene rings is 2. The van der Waals surface area contributed by atoms with Gasteiger partial charge in [-0.15, -0.1) is 5.10 Å². The van der Waals surface area contributed by atoms with Crippen LogP contribution in [-0.2, 0) is 10.0 Å². The van der Waals surface area contributed by atoms with E-state index in [1.54, 1.807) is 16.8 Å². The summed E-state index contributed by atoms with van der Waals surface area (Å²) in [5.41, 5.74) is 6.03. The lowest BCUT2D eigenvalue weighted by Crippen LogP contribution is -2.12. The third-order valence-electron chi connectivity index (χ3n) is 5.73. The molecule has 0 radical (unpaired) electrons. The van der Waals surface area contributed by atoms with E-state index in [9.17, 15) is 13.2 Å². The number of aromatic nitrogens is 5. The van der Waals surface area contributed by atoms with Crippen molar-refractivity contribution >= 4 is 27.6 Å². The van der Waals surface area contributed by atoms with Crippen LogP contribution in [-0.4, -0.2) is 44.7 Å². The van der Waals surface area contributed by atoms with E-state index in [0.717, 1.165) is 33.9 Å². The average Bonchev–Trinajstić information content (AvgIpc) is 3.37. The van der Waals surface area contributed by atoms with Gasteiger partial charge >= 0.3 is 0 Å². The number of nitrogens with two attached hydrogens (primary N) is 1. The van der Waals surface area contributed by atoms with Gasteiger partial charge < -0.3 is 4.57 Å². The van der Waals surface area contributed by atoms with E-state index in [-0.39, 0.29) is 16.4 Å². The number of rotatable bonds is 7. The van der Waals surface area contributed by atoms with Crippen molar-refractivity contribution in [2.45, 2.75) is 37.7 Å². The minimum Gasteiger partial charge on any atom is -0.318 e. The average molecular weight is 497 g/mol. The number of carbonyl (C=O) groups excluding carboxylic acids is 1. The lowest BCUT2D eigenvalue weighted by molar-refractivity contribution is 0.102. The Balaban J connectivity index is 1.56. The van der Waals surface area contributed by atoms with Crippen LogP contribution in [0.2, 0.25) is 0 Å². The molecule has 0 atom stereocenters. The fourth-order valence-corrected chi connectivity index (χ4v) is 5.10. The number of carbonyl (C=O) groups is 1. The van der Waals surface area contributed by atoms with Gasteiger partial charge in [0.25, 0.3) is 0 Å². The Morgan fingerprint density at radius 1 is 1.06 bits per heavy atom. The summed E-state index contributed by atoms with van der Waals surface area (Å²) in [4.78, 5) is 13.1. The van der Waals surface area contributed by atoms with Gasteiger partial charge in [-0.25, -0.2) is 13.6 Å². The third-order valence-corrected chi connectivity index (χ3v) is 7.58. The van der Waals surface area contributed by atoms with Crippen LogP contribution in [0.25, 0.3) is 11.4 Å². The molecule has 4 aromatic rings. The number of thioether (sulfide) groups is 1. The van der Waals surface area contributed by atoms with Gasteiger partial charge in [0.05, 0.1) is 16.3 Å². The lowest BCUT2D eigenvalue weighted by atomic mass is 10.1. The van der Waals surface area contributed by atoms with Crippen LogP contribution in [0.5, 0.6) is 0 Å². The van der Waals surface area contributed by atoms with Crippen LogP contribution in [0.4, 0.5) is 0 Å². The Bertz CT molecular complexity index is 1490. The summed E-state index contributed by atoms with van der Waals surface area (Å²) in [5, 5.41) is 17.7. The van der Waals surface area contributed by atoms with Crippen molar-refractivity contribution in [2.24, 2.45) is 5.14 Å². The number of aryl methyl sites for hydroxylation is 2. The predicted octanol–water partition coefficient (Wildman–Crippen LogP) is 3.31. The Labute approximate surface area is 202 Å². The fourth-order valence-electron chi connectivity index (χ4n) is 3.82. The molecule has 0 bridgehead atoms. The summed E-state index contributed by atoms with van der Waals surface area (Å²) in [5.74, 6) is 0.112. The summed E-state index contributed by atoms with van der Waals surface area (Å²) in [6.07, 6.45) is 0. The fraction of sp³-hybridized carbons (Fsp3) is 0.217. The molecule has 2 aromatic carbocycles. The number of hydrogen-bond acceptors (Lipinski definition) is 7. The van der Waals surface area contributed by atoms with Crippen LogP contribution < -0.4 is 5.14 Å². The van der Waals surface area contributed by atoms with E-state index in [4.69, 9.17) is 5.14 Å². The molecule has 0 unspecified atom stereocenters. The molecule has 0 spiro atoms. The summed E-state index contributed by atoms with van der Waals surface area (Å²) < 4.78 is 26.6. The highest BCUT2D eigenvalue weighted by Gasteiger charge is 2.19. The SMILES string of the molecule is Cc1cccc(-n2nnnc2SCC(=O)c2cc(C)n(-c3ccc(S(N)(=O)=O)cc3)c2C)c1C. The molecule has 9 nitrogen and oxygen atoms in total. The molecule has 2 aromatic heterocycles. The quantitative estimate of drug-likeness (QED) is 0.307. The van der Waals surface area contributed by atoms with Crippen molar-refractivity contribution in [1.29, 1.82) is 0 Å². The van der Waals surface area contributed by atoms with Crippen molar-refractivity contribution in [1.82, 2.24) is 24.8 Å². The molecule has 0 aliphatic carbocycles. The number of primary sulfonamides is 1. The lowest BCUT2D eigenvalue weighted by Gasteiger charge is -2.11. The molecule has 34 heavy (non-hydrogen) atoms. The van der Waals surface area contributed by atoms with Gasteiger partial charge in [-0.05, 0) is 85.6 Å². The van der Waals surface area contributed by atoms with E-state index >= 15 is 0 Å². The Hall–Kier alpha value is -3.28. The van der Waals surface area contributed by atoms with Gasteiger partial charge in [0, 0.05) is 22.6 Å². The monoisotopic (exact) mass is 496 g/mol. The van der Waals surface area contributed by atoms with Gasteiger partial charge in [-0.1, -0.05) is 23.9 Å². The highest BCUT2D eigenvalue weighted by atomic mass is 32.2. The molecule has 0 fully saturated rings. The highest BCUT2D eigenvalue weighted by molar-refractivity contribution is 7.99. The minimum atomic E-state index is -3.77. The first-order chi connectivity index (χ1) is 16.1. The maximum atomic E-state index is 13.1. The Kier molecular flexibility index (Phi) is 6.43. The molecule has 11 heteroatoms. The smallest absolute Gasteiger partial charge is 0.238 e. The molecule has 0 saturated carbocycles. The van der Waals surface area contributed by atoms with Gasteiger partial charge in [-0.2, -0.15) is 4.68 Å². The van der Waals surface area contributed by atoms with Crippen molar-refractivity contribution in [2.75, 3.05) is 5.75 Å². The second-order valence-corrected chi connectivity index (χ2v) is 10.5. The number of tetrazole rings is 1. The maximum Gasteiger partial charge on any atom is 0.238 e. The molecule has 0 amide bonds. The molecular weight excluding hydrogens is 472 g/mol. The highest BCUT2D eigenvalue weighted by Crippen LogP contribution is 2.26. The molecule has 176 valence electrons. The normalized spacial score (nSPS) is 11.7. The second-order valence-electron chi connectivity index (χ2n) is 7.96. The molecule has 2 heterocycles. The van der Waals surface area contributed by atoms with E-state index in [1.807, 2.05) is 56.5 Å². The number of nitrogens with zero attached hydrogens (tertiary/aromatic N) is 5. The standard InChI is InChI=1S/C23H24N6O3S2/c1-14-6-5-7-21(16(14)3)29-23(25-26-27-29)33-13-22(30)20-12-15(2)28(17(20)4)18-8-10-19(11-9-18)34(24,31)32/h5-12H,13H2,1-4H3,(H2,24,31,32). The zero-order chi connectivity index (χ0) is 24.6. The summed E-state index contributed by atoms with van der Waals surface area (Å²) in [6, 6.07) is 14.0. The van der Waals surface area contributed by atoms with Crippen LogP contribution in [0, 0.1) is 27.7 Å². The zero-order valence-corrected chi connectivity index (χ0v) is 20.8. The van der Waals surface area contributed by atoms with Crippen LogP contribution in [0.15, 0.2) is 58.6 Å². The van der Waals surface area contributed by atoms with E-state index < -0.39 is 10.0 Å². The molecule has 0 aliphatic rings. The van der Waals surface area contributed by atoms with Gasteiger partial charge in [-0.3, -0.25) is 4.79 Å². The Morgan fingerprint density at radius 3 is 2.44 bits per heavy atom. The van der Waals surface area contributed by atoms with Gasteiger partial charge in [0.1, 0.15) is 0 Å². The summed E-state index contributed by atoms with van der Waals surface area (Å²) in [6.45, 7) is 7.79. The summed E-state index contributed by atoms with van der Waals surface area (Å²) >= 11 is 1.28. The van der Waals surface area contributed by atoms with Crippen LogP contribution >= 0.6 is 11.8 Å². The number of hydrogen-bond donors (Lipinski definition) is 1. The van der Waals surface area contributed by atoms with Crippen LogP contribution in [0.3, 0.4) is 0 Å². The van der Waals surface area contributed by atoms with Crippen molar-refractivity contribution in [3.8, 4) is 11.4 Å². The minimum absolute atomic E-state index is 0.0352. The van der Waals surface area contributed by atoms with E-state index in [2.05, 4.69) is 15.5 Å². The predicted molar refractivity (Wildman–Crippen MR) is 130 cm³/mol. The van der Waals surface area contributed by atoms with Crippen LogP contribution in [0.1, 0.15) is 32.9 Å². The van der Waals surface area contributed by atoms with Gasteiger partial charge in [0.15, 0.2) is 5.78 Å². The molecule has 0 saturated heterocycles. The maximum absolute atomic E-state index is 13.1. The molecule has 2 N–H and O–H groups in total. The first-order valence-corrected chi connectivity index (χ1v) is 12.9. The van der Waals surface area contributed by atoms with E-state index in [1.165, 1.54) is 23.9 Å². The van der Waals surface area contributed by atoms with Crippen molar-refractivity contribution < 1.29 is 13.2 Å². The third kappa shape index (κ3) is 4.54. The van der Waals surface area contributed by atoms with Crippen molar-refractivity contribution in [3.05, 3.63) is 76.6 Å². The molecule has 4 rings (SSSR count). The number of sulfonamides is 1. The second kappa shape index (κ2) is 9.16. The Morgan fingerprint density at radius 2 is 1.76 bits per heavy atom. The molecular formula is C23H24N6O3S2. The van der Waals surface area contributed by atoms with Gasteiger partial charge in [0.2, 0.25) is 15.2 Å². The first-order valence-electron chi connectivity index (χ1n) is 10.4.